The van der Waals surface area contributed by atoms with Crippen LogP contribution < -0.4 is 5.32 Å². The lowest BCUT2D eigenvalue weighted by molar-refractivity contribution is 0.0664. The molecule has 2 fully saturated rings. The SMILES string of the molecule is O=C(c1c(O)cccc1O)N1CCCC1C1CCCNC1. The van der Waals surface area contributed by atoms with Gasteiger partial charge in [0.05, 0.1) is 0 Å². The molecule has 0 bridgehead atoms. The molecule has 5 heteroatoms. The predicted octanol–water partition coefficient (Wildman–Crippen LogP) is 1.70. The highest BCUT2D eigenvalue weighted by molar-refractivity contribution is 5.99. The molecule has 2 unspecified atom stereocenters. The van der Waals surface area contributed by atoms with Crippen molar-refractivity contribution in [3.63, 3.8) is 0 Å². The summed E-state index contributed by atoms with van der Waals surface area (Å²) >= 11 is 0. The number of benzene rings is 1. The molecule has 3 rings (SSSR count). The zero-order chi connectivity index (χ0) is 14.8. The molecular formula is C16H22N2O3. The van der Waals surface area contributed by atoms with Crippen LogP contribution in [0.1, 0.15) is 36.0 Å². The van der Waals surface area contributed by atoms with Crippen molar-refractivity contribution in [3.05, 3.63) is 23.8 Å². The lowest BCUT2D eigenvalue weighted by atomic mass is 9.90. The zero-order valence-corrected chi connectivity index (χ0v) is 12.1. The summed E-state index contributed by atoms with van der Waals surface area (Å²) < 4.78 is 0. The van der Waals surface area contributed by atoms with Gasteiger partial charge in [0.1, 0.15) is 17.1 Å². The van der Waals surface area contributed by atoms with Gasteiger partial charge in [-0.15, -0.1) is 0 Å². The average molecular weight is 290 g/mol. The van der Waals surface area contributed by atoms with E-state index >= 15 is 0 Å². The van der Waals surface area contributed by atoms with Crippen molar-refractivity contribution in [2.45, 2.75) is 31.7 Å². The average Bonchev–Trinajstić information content (AvgIpc) is 2.97. The van der Waals surface area contributed by atoms with Crippen LogP contribution >= 0.6 is 0 Å². The highest BCUT2D eigenvalue weighted by Crippen LogP contribution is 2.33. The van der Waals surface area contributed by atoms with E-state index < -0.39 is 0 Å². The second-order valence-corrected chi connectivity index (χ2v) is 5.99. The van der Waals surface area contributed by atoms with Crippen LogP contribution in [0.25, 0.3) is 0 Å². The molecule has 1 aromatic carbocycles. The Hall–Kier alpha value is -1.75. The van der Waals surface area contributed by atoms with E-state index in [0.717, 1.165) is 38.8 Å². The first-order valence-electron chi connectivity index (χ1n) is 7.71. The number of rotatable bonds is 2. The Morgan fingerprint density at radius 2 is 1.95 bits per heavy atom. The molecule has 2 atom stereocenters. The van der Waals surface area contributed by atoms with Crippen molar-refractivity contribution in [1.82, 2.24) is 10.2 Å². The van der Waals surface area contributed by atoms with Gasteiger partial charge in [0.2, 0.25) is 0 Å². The van der Waals surface area contributed by atoms with E-state index in [0.29, 0.717) is 12.5 Å². The van der Waals surface area contributed by atoms with E-state index in [2.05, 4.69) is 5.32 Å². The summed E-state index contributed by atoms with van der Waals surface area (Å²) in [6.07, 6.45) is 4.27. The standard InChI is InChI=1S/C16H22N2O3/c19-13-6-1-7-14(20)15(13)16(21)18-9-3-5-12(18)11-4-2-8-17-10-11/h1,6-7,11-12,17,19-20H,2-5,8-10H2. The first kappa shape index (κ1) is 14.2. The number of amides is 1. The number of nitrogens with one attached hydrogen (secondary N) is 1. The van der Waals surface area contributed by atoms with Gasteiger partial charge in [-0.1, -0.05) is 6.07 Å². The molecule has 3 N–H and O–H groups in total. The van der Waals surface area contributed by atoms with Gasteiger partial charge in [-0.3, -0.25) is 4.79 Å². The summed E-state index contributed by atoms with van der Waals surface area (Å²) in [7, 11) is 0. The smallest absolute Gasteiger partial charge is 0.261 e. The van der Waals surface area contributed by atoms with Crippen LogP contribution in [0.3, 0.4) is 0 Å². The minimum atomic E-state index is -0.251. The number of nitrogens with zero attached hydrogens (tertiary/aromatic N) is 1. The molecular weight excluding hydrogens is 268 g/mol. The van der Waals surface area contributed by atoms with Gasteiger partial charge in [-0.2, -0.15) is 0 Å². The molecule has 0 aromatic heterocycles. The van der Waals surface area contributed by atoms with Crippen molar-refractivity contribution >= 4 is 5.91 Å². The van der Waals surface area contributed by atoms with Gasteiger partial charge in [0, 0.05) is 12.6 Å². The number of aromatic hydroxyl groups is 2. The highest BCUT2D eigenvalue weighted by Gasteiger charge is 2.37. The predicted molar refractivity (Wildman–Crippen MR) is 79.4 cm³/mol. The second kappa shape index (κ2) is 5.93. The molecule has 1 amide bonds. The van der Waals surface area contributed by atoms with Crippen molar-refractivity contribution in [2.75, 3.05) is 19.6 Å². The first-order valence-corrected chi connectivity index (χ1v) is 7.71. The van der Waals surface area contributed by atoms with E-state index in [9.17, 15) is 15.0 Å². The molecule has 5 nitrogen and oxygen atoms in total. The van der Waals surface area contributed by atoms with Crippen molar-refractivity contribution in [3.8, 4) is 11.5 Å². The monoisotopic (exact) mass is 290 g/mol. The highest BCUT2D eigenvalue weighted by atomic mass is 16.3. The lowest BCUT2D eigenvalue weighted by Crippen LogP contribution is -2.45. The Bertz CT molecular complexity index is 506. The minimum Gasteiger partial charge on any atom is -0.507 e. The Labute approximate surface area is 124 Å². The molecule has 1 aromatic rings. The van der Waals surface area contributed by atoms with Crippen molar-refractivity contribution < 1.29 is 15.0 Å². The fourth-order valence-corrected chi connectivity index (χ4v) is 3.63. The van der Waals surface area contributed by atoms with E-state index in [-0.39, 0.29) is 29.0 Å². The van der Waals surface area contributed by atoms with E-state index in [1.807, 2.05) is 4.90 Å². The van der Waals surface area contributed by atoms with Crippen LogP contribution in [0.5, 0.6) is 11.5 Å². The molecule has 21 heavy (non-hydrogen) atoms. The number of likely N-dealkylation sites (tertiary alicyclic amines) is 1. The summed E-state index contributed by atoms with van der Waals surface area (Å²) in [6, 6.07) is 4.64. The van der Waals surface area contributed by atoms with Crippen LogP contribution in [0.4, 0.5) is 0 Å². The Morgan fingerprint density at radius 3 is 2.62 bits per heavy atom. The number of hydrogen-bond acceptors (Lipinski definition) is 4. The summed E-state index contributed by atoms with van der Waals surface area (Å²) in [5.41, 5.74) is 0.0353. The molecule has 2 aliphatic rings. The molecule has 2 aliphatic heterocycles. The number of phenols is 2. The summed E-state index contributed by atoms with van der Waals surface area (Å²) in [5.74, 6) is -0.0725. The number of carbonyl (C=O) groups excluding carboxylic acids is 1. The molecule has 0 radical (unpaired) electrons. The van der Waals surface area contributed by atoms with Gasteiger partial charge in [-0.25, -0.2) is 0 Å². The van der Waals surface area contributed by atoms with Gasteiger partial charge < -0.3 is 20.4 Å². The number of carbonyl (C=O) groups is 1. The van der Waals surface area contributed by atoms with E-state index in [1.165, 1.54) is 18.2 Å². The second-order valence-electron chi connectivity index (χ2n) is 5.99. The van der Waals surface area contributed by atoms with Crippen LogP contribution in [-0.4, -0.2) is 46.7 Å². The quantitative estimate of drug-likeness (QED) is 0.775. The zero-order valence-electron chi connectivity index (χ0n) is 12.1. The normalized spacial score (nSPS) is 26.0. The molecule has 0 saturated carbocycles. The maximum atomic E-state index is 12.7. The Balaban J connectivity index is 1.83. The molecule has 2 heterocycles. The third kappa shape index (κ3) is 2.70. The summed E-state index contributed by atoms with van der Waals surface area (Å²) in [6.45, 7) is 2.70. The number of hydrogen-bond donors (Lipinski definition) is 3. The van der Waals surface area contributed by atoms with Gasteiger partial charge in [0.25, 0.3) is 5.91 Å². The van der Waals surface area contributed by atoms with E-state index in [4.69, 9.17) is 0 Å². The third-order valence-electron chi connectivity index (χ3n) is 4.67. The van der Waals surface area contributed by atoms with Gasteiger partial charge in [-0.05, 0) is 56.8 Å². The summed E-state index contributed by atoms with van der Waals surface area (Å²) in [4.78, 5) is 14.6. The van der Waals surface area contributed by atoms with Crippen LogP contribution in [-0.2, 0) is 0 Å². The summed E-state index contributed by atoms with van der Waals surface area (Å²) in [5, 5.41) is 23.2. The topological polar surface area (TPSA) is 72.8 Å². The number of piperidine rings is 1. The molecule has 0 spiro atoms. The first-order chi connectivity index (χ1) is 10.2. The largest absolute Gasteiger partial charge is 0.507 e. The van der Waals surface area contributed by atoms with Crippen molar-refractivity contribution in [1.29, 1.82) is 0 Å². The molecule has 0 aliphatic carbocycles. The van der Waals surface area contributed by atoms with E-state index in [1.54, 1.807) is 0 Å². The fourth-order valence-electron chi connectivity index (χ4n) is 3.63. The fraction of sp³-hybridized carbons (Fsp3) is 0.562. The van der Waals surface area contributed by atoms with Crippen LogP contribution in [0.15, 0.2) is 18.2 Å². The van der Waals surface area contributed by atoms with Gasteiger partial charge >= 0.3 is 0 Å². The number of phenolic OH excluding ortho intramolecular Hbond substituents is 2. The van der Waals surface area contributed by atoms with Crippen LogP contribution in [0.2, 0.25) is 0 Å². The third-order valence-corrected chi connectivity index (χ3v) is 4.67. The Kier molecular flexibility index (Phi) is 4.01. The molecule has 2 saturated heterocycles. The van der Waals surface area contributed by atoms with Crippen molar-refractivity contribution in [2.24, 2.45) is 5.92 Å². The van der Waals surface area contributed by atoms with Crippen LogP contribution in [0, 0.1) is 5.92 Å². The maximum Gasteiger partial charge on any atom is 0.261 e. The van der Waals surface area contributed by atoms with Gasteiger partial charge in [0.15, 0.2) is 0 Å². The maximum absolute atomic E-state index is 12.7. The minimum absolute atomic E-state index is 0.0353. The lowest BCUT2D eigenvalue weighted by Gasteiger charge is -2.34. The molecule has 114 valence electrons. The Morgan fingerprint density at radius 1 is 1.19 bits per heavy atom.